The minimum absolute atomic E-state index is 0.0605. The van der Waals surface area contributed by atoms with Crippen LogP contribution in [0.2, 0.25) is 0 Å². The number of halogens is 1. The molecule has 15 heteroatoms. The highest BCUT2D eigenvalue weighted by molar-refractivity contribution is 5.82. The summed E-state index contributed by atoms with van der Waals surface area (Å²) in [6.45, 7) is 2.94. The SMILES string of the molecule is CCC[C@H](NC(=O)N[C@@H](CCCCNC(=O)CCCCCCC(=O)CCCCCC(=O)CCc1cn(Cc2ccc([18F])cc2)nn1)OC=O)C(=O)O. The van der Waals surface area contributed by atoms with Crippen LogP contribution in [-0.4, -0.2) is 74.9 Å². The molecule has 0 aliphatic heterocycles. The molecule has 52 heavy (non-hydrogen) atoms. The smallest absolute Gasteiger partial charge is 0.326 e. The van der Waals surface area contributed by atoms with E-state index in [4.69, 9.17) is 9.84 Å². The molecule has 14 nitrogen and oxygen atoms in total. The Kier molecular flexibility index (Phi) is 21.9. The molecule has 0 fully saturated rings. The van der Waals surface area contributed by atoms with Gasteiger partial charge < -0.3 is 25.8 Å². The summed E-state index contributed by atoms with van der Waals surface area (Å²) in [7, 11) is 0. The molecule has 0 saturated carbocycles. The number of carboxylic acids is 1. The Morgan fingerprint density at radius 1 is 0.846 bits per heavy atom. The normalized spacial score (nSPS) is 12.0. The maximum atomic E-state index is 13.1. The van der Waals surface area contributed by atoms with Gasteiger partial charge in [0.25, 0.3) is 6.47 Å². The van der Waals surface area contributed by atoms with E-state index in [1.807, 2.05) is 0 Å². The minimum Gasteiger partial charge on any atom is -0.480 e. The molecule has 288 valence electrons. The Labute approximate surface area is 305 Å². The molecule has 2 atom stereocenters. The van der Waals surface area contributed by atoms with Gasteiger partial charge in [0.15, 0.2) is 6.23 Å². The molecule has 2 aromatic rings. The first-order chi connectivity index (χ1) is 25.1. The first kappa shape index (κ1) is 43.5. The van der Waals surface area contributed by atoms with Crippen LogP contribution in [0.15, 0.2) is 30.5 Å². The summed E-state index contributed by atoms with van der Waals surface area (Å²) in [6, 6.07) is 4.44. The van der Waals surface area contributed by atoms with Crippen LogP contribution in [0.4, 0.5) is 9.18 Å². The number of nitrogens with zero attached hydrogens (tertiary/aromatic N) is 3. The number of carboxylic acid groups (broad SMARTS) is 1. The van der Waals surface area contributed by atoms with Crippen LogP contribution in [0.3, 0.4) is 0 Å². The van der Waals surface area contributed by atoms with E-state index in [1.54, 1.807) is 29.9 Å². The van der Waals surface area contributed by atoms with E-state index in [0.29, 0.717) is 77.3 Å². The number of amides is 3. The zero-order valence-electron chi connectivity index (χ0n) is 30.3. The van der Waals surface area contributed by atoms with Gasteiger partial charge in [0.05, 0.1) is 12.2 Å². The van der Waals surface area contributed by atoms with Crippen LogP contribution >= 0.6 is 0 Å². The van der Waals surface area contributed by atoms with Gasteiger partial charge >= 0.3 is 12.0 Å². The van der Waals surface area contributed by atoms with Gasteiger partial charge in [-0.05, 0) is 69.1 Å². The second kappa shape index (κ2) is 26.1. The number of carbonyl (C=O) groups excluding carboxylic acids is 5. The number of aliphatic carboxylic acids is 1. The van der Waals surface area contributed by atoms with Crippen molar-refractivity contribution in [3.8, 4) is 0 Å². The van der Waals surface area contributed by atoms with Gasteiger partial charge in [-0.3, -0.25) is 19.2 Å². The lowest BCUT2D eigenvalue weighted by atomic mass is 10.0. The van der Waals surface area contributed by atoms with Crippen molar-refractivity contribution in [2.24, 2.45) is 0 Å². The van der Waals surface area contributed by atoms with Gasteiger partial charge in [0.2, 0.25) is 5.91 Å². The van der Waals surface area contributed by atoms with Gasteiger partial charge in [-0.25, -0.2) is 18.7 Å². The molecule has 0 spiro atoms. The largest absolute Gasteiger partial charge is 0.480 e. The molecule has 0 aliphatic carbocycles. The van der Waals surface area contributed by atoms with Crippen molar-refractivity contribution in [3.63, 3.8) is 0 Å². The molecule has 3 amide bonds. The number of carbonyl (C=O) groups is 6. The van der Waals surface area contributed by atoms with E-state index in [-0.39, 0.29) is 36.2 Å². The van der Waals surface area contributed by atoms with Crippen molar-refractivity contribution in [2.75, 3.05) is 6.54 Å². The number of ketones is 2. The predicted molar refractivity (Wildman–Crippen MR) is 190 cm³/mol. The summed E-state index contributed by atoms with van der Waals surface area (Å²) in [5, 5.41) is 25.0. The van der Waals surface area contributed by atoms with Crippen molar-refractivity contribution in [3.05, 3.63) is 47.5 Å². The molecule has 4 N–H and O–H groups in total. The van der Waals surface area contributed by atoms with E-state index in [0.717, 1.165) is 56.2 Å². The van der Waals surface area contributed by atoms with Crippen molar-refractivity contribution in [1.82, 2.24) is 30.9 Å². The Bertz CT molecular complexity index is 1390. The van der Waals surface area contributed by atoms with Crippen molar-refractivity contribution in [2.45, 2.75) is 141 Å². The highest BCUT2D eigenvalue weighted by Gasteiger charge is 2.21. The fraction of sp³-hybridized carbons (Fsp3) is 0.622. The zero-order chi connectivity index (χ0) is 38.0. The monoisotopic (exact) mass is 729 g/mol. The lowest BCUT2D eigenvalue weighted by Crippen LogP contribution is -2.49. The van der Waals surface area contributed by atoms with Crippen LogP contribution < -0.4 is 16.0 Å². The lowest BCUT2D eigenvalue weighted by molar-refractivity contribution is -0.140. The Balaban J connectivity index is 1.42. The number of benzene rings is 1. The van der Waals surface area contributed by atoms with Gasteiger partial charge in [0.1, 0.15) is 23.4 Å². The number of hydrogen-bond acceptors (Lipinski definition) is 9. The maximum absolute atomic E-state index is 13.1. The molecule has 0 radical (unpaired) electrons. The highest BCUT2D eigenvalue weighted by Crippen LogP contribution is 2.12. The van der Waals surface area contributed by atoms with Crippen LogP contribution in [0.5, 0.6) is 0 Å². The number of nitrogens with one attached hydrogen (secondary N) is 3. The van der Waals surface area contributed by atoms with Crippen LogP contribution in [0.1, 0.15) is 127 Å². The molecule has 0 bridgehead atoms. The number of aryl methyl sites for hydroxylation is 1. The second-order valence-corrected chi connectivity index (χ2v) is 13.0. The van der Waals surface area contributed by atoms with Gasteiger partial charge in [-0.15, -0.1) is 5.10 Å². The Morgan fingerprint density at radius 2 is 1.48 bits per heavy atom. The highest BCUT2D eigenvalue weighted by atomic mass is 18.2. The number of rotatable bonds is 30. The maximum Gasteiger partial charge on any atom is 0.326 e. The third kappa shape index (κ3) is 20.2. The lowest BCUT2D eigenvalue weighted by Gasteiger charge is -2.19. The standard InChI is InChI=1S/C37H55FN6O8/c1-2-12-33(36(49)50)40-37(51)41-35(52-27-45)17-10-11-24-39-34(48)16-9-4-3-6-13-31(46)14-7-5-8-15-32(47)23-22-30-26-44(43-42-30)25-28-18-20-29(38)21-19-28/h18-21,26-27,33,35H,2-17,22-25H2,1H3,(H,39,48)(H,49,50)(H2,40,41,51)/t33-,35+/m0/s1/i38-1. The molecule has 0 aliphatic rings. The Hall–Kier alpha value is -4.69. The fourth-order valence-electron chi connectivity index (χ4n) is 5.51. The van der Waals surface area contributed by atoms with Crippen molar-refractivity contribution >= 4 is 35.9 Å². The van der Waals surface area contributed by atoms with Crippen LogP contribution in [0, 0.1) is 5.82 Å². The summed E-state index contributed by atoms with van der Waals surface area (Å²) in [4.78, 5) is 70.8. The van der Waals surface area contributed by atoms with Gasteiger partial charge in [-0.2, -0.15) is 0 Å². The molecule has 1 aromatic carbocycles. The molecule has 1 heterocycles. The van der Waals surface area contributed by atoms with E-state index in [9.17, 15) is 33.2 Å². The molecule has 0 saturated heterocycles. The van der Waals surface area contributed by atoms with Crippen molar-refractivity contribution < 1.29 is 43.0 Å². The minimum atomic E-state index is -1.14. The number of aromatic nitrogens is 3. The average molecular weight is 730 g/mol. The summed E-state index contributed by atoms with van der Waals surface area (Å²) >= 11 is 0. The summed E-state index contributed by atoms with van der Waals surface area (Å²) in [6.07, 6.45) is 11.6. The predicted octanol–water partition coefficient (Wildman–Crippen LogP) is 5.17. The van der Waals surface area contributed by atoms with E-state index in [1.165, 1.54) is 12.1 Å². The number of Topliss-reactive ketones (excluding diaryl/α,β-unsaturated/α-hetero) is 2. The summed E-state index contributed by atoms with van der Waals surface area (Å²) < 4.78 is 19.6. The third-order valence-electron chi connectivity index (χ3n) is 8.43. The van der Waals surface area contributed by atoms with E-state index < -0.39 is 24.3 Å². The molecular formula is C37H55FN6O8. The first-order valence-corrected chi connectivity index (χ1v) is 18.4. The molecular weight excluding hydrogens is 674 g/mol. The zero-order valence-corrected chi connectivity index (χ0v) is 30.3. The van der Waals surface area contributed by atoms with E-state index in [2.05, 4.69) is 26.3 Å². The number of urea groups is 1. The van der Waals surface area contributed by atoms with E-state index >= 15 is 0 Å². The summed E-state index contributed by atoms with van der Waals surface area (Å²) in [5.41, 5.74) is 1.66. The summed E-state index contributed by atoms with van der Waals surface area (Å²) in [5.74, 6) is -1.10. The average Bonchev–Trinajstić information content (AvgIpc) is 3.56. The Morgan fingerprint density at radius 3 is 2.12 bits per heavy atom. The molecule has 2 rings (SSSR count). The van der Waals surface area contributed by atoms with Crippen LogP contribution in [-0.2, 0) is 41.7 Å². The number of unbranched alkanes of at least 4 members (excludes halogenated alkanes) is 6. The number of hydrogen-bond donors (Lipinski definition) is 4. The van der Waals surface area contributed by atoms with Crippen molar-refractivity contribution in [1.29, 1.82) is 0 Å². The molecule has 1 aromatic heterocycles. The topological polar surface area (TPSA) is 199 Å². The van der Waals surface area contributed by atoms with Gasteiger partial charge in [-0.1, -0.05) is 50.0 Å². The fourth-order valence-corrected chi connectivity index (χ4v) is 5.51. The quantitative estimate of drug-likeness (QED) is 0.0473. The van der Waals surface area contributed by atoms with Crippen LogP contribution in [0.25, 0.3) is 0 Å². The number of ether oxygens (including phenoxy) is 1. The molecule has 0 unspecified atom stereocenters. The van der Waals surface area contributed by atoms with Gasteiger partial charge in [0, 0.05) is 51.3 Å². The third-order valence-corrected chi connectivity index (χ3v) is 8.43. The first-order valence-electron chi connectivity index (χ1n) is 18.4. The second-order valence-electron chi connectivity index (χ2n) is 13.0.